The highest BCUT2D eigenvalue weighted by Crippen LogP contribution is 2.37. The highest BCUT2D eigenvalue weighted by Gasteiger charge is 2.35. The Morgan fingerprint density at radius 1 is 1.21 bits per heavy atom. The maximum Gasteiger partial charge on any atom is 0.418 e. The van der Waals surface area contributed by atoms with E-state index in [2.05, 4.69) is 22.2 Å². The number of carbonyl (C=O) groups is 1. The molecule has 6 nitrogen and oxygen atoms in total. The van der Waals surface area contributed by atoms with Crippen molar-refractivity contribution in [2.75, 3.05) is 32.1 Å². The molecule has 29 heavy (non-hydrogen) atoms. The van der Waals surface area contributed by atoms with Crippen LogP contribution in [0, 0.1) is 5.92 Å². The van der Waals surface area contributed by atoms with Crippen molar-refractivity contribution in [3.8, 4) is 0 Å². The van der Waals surface area contributed by atoms with Gasteiger partial charge in [-0.25, -0.2) is 0 Å². The zero-order valence-electron chi connectivity index (χ0n) is 16.6. The van der Waals surface area contributed by atoms with Gasteiger partial charge in [0.2, 0.25) is 5.91 Å². The summed E-state index contributed by atoms with van der Waals surface area (Å²) in [5, 5.41) is 2.98. The molecule has 1 aliphatic heterocycles. The smallest absolute Gasteiger partial charge is 0.383 e. The van der Waals surface area contributed by atoms with E-state index >= 15 is 0 Å². The Balaban J connectivity index is 1.88. The van der Waals surface area contributed by atoms with Crippen LogP contribution in [0.3, 0.4) is 0 Å². The van der Waals surface area contributed by atoms with Crippen molar-refractivity contribution >= 4 is 22.6 Å². The molecule has 2 aromatic rings. The van der Waals surface area contributed by atoms with E-state index in [1.54, 1.807) is 11.1 Å². The average Bonchev–Trinajstić information content (AvgIpc) is 2.64. The van der Waals surface area contributed by atoms with Crippen LogP contribution in [0.2, 0.25) is 0 Å². The molecule has 1 aromatic carbocycles. The minimum atomic E-state index is -4.50. The maximum absolute atomic E-state index is 13.3. The third-order valence-electron chi connectivity index (χ3n) is 4.78. The average molecular weight is 407 g/mol. The van der Waals surface area contributed by atoms with Gasteiger partial charge in [-0.1, -0.05) is 6.92 Å². The van der Waals surface area contributed by atoms with Gasteiger partial charge in [-0.2, -0.15) is 13.2 Å². The second-order valence-electron chi connectivity index (χ2n) is 7.61. The van der Waals surface area contributed by atoms with Gasteiger partial charge in [0.1, 0.15) is 11.0 Å². The number of anilines is 1. The molecule has 0 spiro atoms. The third-order valence-corrected chi connectivity index (χ3v) is 4.78. The maximum atomic E-state index is 13.3. The van der Waals surface area contributed by atoms with E-state index in [1.165, 1.54) is 24.5 Å². The van der Waals surface area contributed by atoms with E-state index in [9.17, 15) is 18.0 Å². The molecule has 0 aliphatic carbocycles. The van der Waals surface area contributed by atoms with Crippen LogP contribution in [-0.2, 0) is 11.0 Å². The number of nitrogens with zero attached hydrogens (tertiary/aromatic N) is 4. The minimum Gasteiger partial charge on any atom is -0.383 e. The number of carbonyl (C=O) groups excluding carboxylic acids is 1. The number of hydrogen-bond donors (Lipinski definition) is 1. The summed E-state index contributed by atoms with van der Waals surface area (Å²) in [6.07, 6.45) is 2.07. The van der Waals surface area contributed by atoms with Crippen LogP contribution in [0.4, 0.5) is 18.9 Å². The van der Waals surface area contributed by atoms with Gasteiger partial charge in [0.05, 0.1) is 11.3 Å². The molecule has 1 aliphatic rings. The first kappa shape index (κ1) is 20.9. The zero-order chi connectivity index (χ0) is 21.2. The van der Waals surface area contributed by atoms with Gasteiger partial charge in [-0.05, 0) is 24.5 Å². The van der Waals surface area contributed by atoms with Gasteiger partial charge in [0.15, 0.2) is 0 Å². The molecule has 1 aromatic heterocycles. The van der Waals surface area contributed by atoms with Crippen molar-refractivity contribution < 1.29 is 18.0 Å². The molecule has 0 saturated carbocycles. The molecule has 1 amide bonds. The van der Waals surface area contributed by atoms with Crippen LogP contribution in [0.5, 0.6) is 0 Å². The molecule has 1 saturated heterocycles. The lowest BCUT2D eigenvalue weighted by Crippen LogP contribution is -2.50. The van der Waals surface area contributed by atoms with Crippen LogP contribution in [0.25, 0.3) is 11.0 Å². The lowest BCUT2D eigenvalue weighted by molar-refractivity contribution is -0.136. The molecule has 3 rings (SSSR count). The first-order valence-electron chi connectivity index (χ1n) is 9.36. The lowest BCUT2D eigenvalue weighted by Gasteiger charge is -2.38. The Labute approximate surface area is 167 Å². The largest absolute Gasteiger partial charge is 0.418 e. The number of alkyl halides is 3. The summed E-state index contributed by atoms with van der Waals surface area (Å²) in [5.74, 6) is 0.0516. The molecular formula is C20H24F3N5O. The van der Waals surface area contributed by atoms with E-state index in [-0.39, 0.29) is 28.9 Å². The van der Waals surface area contributed by atoms with Gasteiger partial charge in [0, 0.05) is 57.9 Å². The molecule has 2 atom stereocenters. The molecule has 1 fully saturated rings. The predicted octanol–water partition coefficient (Wildman–Crippen LogP) is 3.05. The molecule has 156 valence electrons. The van der Waals surface area contributed by atoms with Crippen LogP contribution >= 0.6 is 0 Å². The van der Waals surface area contributed by atoms with Crippen molar-refractivity contribution in [3.63, 3.8) is 0 Å². The summed E-state index contributed by atoms with van der Waals surface area (Å²) in [5.41, 5.74) is -0.150. The number of halogens is 3. The fourth-order valence-corrected chi connectivity index (χ4v) is 3.65. The molecule has 2 heterocycles. The first-order valence-corrected chi connectivity index (χ1v) is 9.36. The number of aromatic nitrogens is 2. The Kier molecular flexibility index (Phi) is 5.95. The number of rotatable bonds is 4. The quantitative estimate of drug-likeness (QED) is 0.790. The minimum absolute atomic E-state index is 0.118. The number of piperidine rings is 1. The monoisotopic (exact) mass is 407 g/mol. The second-order valence-corrected chi connectivity index (χ2v) is 7.61. The predicted molar refractivity (Wildman–Crippen MR) is 105 cm³/mol. The molecule has 0 bridgehead atoms. The van der Waals surface area contributed by atoms with Crippen LogP contribution in [0.15, 0.2) is 36.8 Å². The molecule has 1 N–H and O–H groups in total. The fourth-order valence-electron chi connectivity index (χ4n) is 3.65. The third kappa shape index (κ3) is 4.96. The van der Waals surface area contributed by atoms with Crippen molar-refractivity contribution in [1.82, 2.24) is 20.2 Å². The van der Waals surface area contributed by atoms with E-state index in [0.717, 1.165) is 12.5 Å². The topological polar surface area (TPSA) is 61.4 Å². The lowest BCUT2D eigenvalue weighted by atomic mass is 9.95. The molecule has 9 heteroatoms. The van der Waals surface area contributed by atoms with E-state index in [0.29, 0.717) is 18.8 Å². The number of amides is 1. The molecular weight excluding hydrogens is 383 g/mol. The Hall–Kier alpha value is -2.84. The van der Waals surface area contributed by atoms with Crippen molar-refractivity contribution in [2.24, 2.45) is 5.92 Å². The highest BCUT2D eigenvalue weighted by atomic mass is 19.4. The number of hydrogen-bond acceptors (Lipinski definition) is 5. The summed E-state index contributed by atoms with van der Waals surface area (Å²) >= 11 is 0. The molecule has 0 unspecified atom stereocenters. The van der Waals surface area contributed by atoms with Gasteiger partial charge in [0.25, 0.3) is 0 Å². The first-order chi connectivity index (χ1) is 13.6. The van der Waals surface area contributed by atoms with Gasteiger partial charge < -0.3 is 15.1 Å². The summed E-state index contributed by atoms with van der Waals surface area (Å²) in [6, 6.07) is 2.38. The van der Waals surface area contributed by atoms with Crippen LogP contribution < -0.4 is 10.2 Å². The van der Waals surface area contributed by atoms with Gasteiger partial charge in [-0.3, -0.25) is 14.8 Å². The van der Waals surface area contributed by atoms with Gasteiger partial charge >= 0.3 is 6.18 Å². The van der Waals surface area contributed by atoms with Crippen LogP contribution in [-0.4, -0.2) is 54.0 Å². The van der Waals surface area contributed by atoms with E-state index < -0.39 is 11.7 Å². The normalized spacial score (nSPS) is 20.3. The van der Waals surface area contributed by atoms with Crippen molar-refractivity contribution in [2.45, 2.75) is 25.6 Å². The second kappa shape index (κ2) is 8.26. The van der Waals surface area contributed by atoms with Crippen molar-refractivity contribution in [3.05, 3.63) is 42.4 Å². The number of nitrogens with one attached hydrogen (secondary N) is 1. The Bertz CT molecular complexity index is 913. The van der Waals surface area contributed by atoms with Crippen molar-refractivity contribution in [1.29, 1.82) is 0 Å². The summed E-state index contributed by atoms with van der Waals surface area (Å²) in [7, 11) is 3.65. The summed E-state index contributed by atoms with van der Waals surface area (Å²) in [6.45, 7) is 3.21. The number of benzene rings is 1. The Morgan fingerprint density at radius 2 is 1.90 bits per heavy atom. The zero-order valence-corrected chi connectivity index (χ0v) is 16.6. The molecule has 0 radical (unpaired) electrons. The standard InChI is InChI=1S/C20H24F3N5O/c1-13-10-14(26-17(29)6-9-27(2)3)12-28(11-13)16-5-4-15(20(21,22)23)18-19(16)25-8-7-24-18/h4-9,13-14H,10-12H2,1-3H3,(H,26,29)/b9-6+/t13-,14+/m0/s1. The van der Waals surface area contributed by atoms with Crippen LogP contribution in [0.1, 0.15) is 18.9 Å². The fraction of sp³-hybridized carbons (Fsp3) is 0.450. The summed E-state index contributed by atoms with van der Waals surface area (Å²) in [4.78, 5) is 24.0. The highest BCUT2D eigenvalue weighted by molar-refractivity contribution is 5.91. The SMILES string of the molecule is C[C@H]1C[C@@H](NC(=O)/C=C/N(C)C)CN(c2ccc(C(F)(F)F)c3nccnc23)C1. The van der Waals surface area contributed by atoms with E-state index in [4.69, 9.17) is 0 Å². The van der Waals surface area contributed by atoms with Gasteiger partial charge in [-0.15, -0.1) is 0 Å². The van der Waals surface area contributed by atoms with E-state index in [1.807, 2.05) is 19.0 Å². The summed E-state index contributed by atoms with van der Waals surface area (Å²) < 4.78 is 40.0. The Morgan fingerprint density at radius 3 is 2.55 bits per heavy atom. The number of fused-ring (bicyclic) bond motifs is 1.